The van der Waals surface area contributed by atoms with Crippen LogP contribution in [0.4, 0.5) is 0 Å². The highest BCUT2D eigenvalue weighted by atomic mass is 16.4. The molecule has 1 fully saturated rings. The van der Waals surface area contributed by atoms with Crippen LogP contribution in [0.15, 0.2) is 10.5 Å². The summed E-state index contributed by atoms with van der Waals surface area (Å²) in [6, 6.07) is 1.79. The highest BCUT2D eigenvalue weighted by molar-refractivity contribution is 5.91. The smallest absolute Gasteiger partial charge is 0.300 e. The van der Waals surface area contributed by atoms with Crippen molar-refractivity contribution in [3.05, 3.63) is 23.2 Å². The second-order valence-electron chi connectivity index (χ2n) is 5.69. The molecule has 0 spiro atoms. The topological polar surface area (TPSA) is 71.5 Å². The molecule has 0 aromatic carbocycles. The number of nitrogen functional groups attached to an aromatic ring is 1. The molecule has 0 aliphatic carbocycles. The van der Waals surface area contributed by atoms with Crippen molar-refractivity contribution in [1.82, 2.24) is 10.3 Å². The number of carbonyl (C=O) groups excluding carboxylic acids is 1. The molecule has 1 unspecified atom stereocenters. The number of likely N-dealkylation sites (tertiary alicyclic amines) is 1. The molecule has 1 aromatic heterocycles. The molecule has 1 atom stereocenters. The van der Waals surface area contributed by atoms with E-state index in [-0.39, 0.29) is 11.7 Å². The lowest BCUT2D eigenvalue weighted by Crippen LogP contribution is -2.29. The summed E-state index contributed by atoms with van der Waals surface area (Å²) >= 11 is 0. The van der Waals surface area contributed by atoms with E-state index in [1.54, 1.807) is 6.07 Å². The first-order chi connectivity index (χ1) is 9.01. The average Bonchev–Trinajstić information content (AvgIpc) is 2.97. The molecule has 0 saturated carbocycles. The molecule has 3 N–H and O–H groups in total. The van der Waals surface area contributed by atoms with Gasteiger partial charge in [0.25, 0.3) is 0 Å². The molecule has 2 rings (SSSR count). The lowest BCUT2D eigenvalue weighted by molar-refractivity contribution is 0.0924. The van der Waals surface area contributed by atoms with Crippen LogP contribution < -0.4 is 11.3 Å². The van der Waals surface area contributed by atoms with E-state index in [2.05, 4.69) is 24.2 Å². The van der Waals surface area contributed by atoms with Crippen molar-refractivity contribution in [1.29, 1.82) is 0 Å². The van der Waals surface area contributed by atoms with Gasteiger partial charge in [-0.15, -0.1) is 0 Å². The largest absolute Gasteiger partial charge is 0.456 e. The number of hydrogen-bond acceptors (Lipinski definition) is 4. The van der Waals surface area contributed by atoms with Crippen molar-refractivity contribution in [3.8, 4) is 0 Å². The third-order valence-corrected chi connectivity index (χ3v) is 4.02. The van der Waals surface area contributed by atoms with E-state index in [0.29, 0.717) is 0 Å². The zero-order valence-corrected chi connectivity index (χ0v) is 11.9. The number of rotatable bonds is 4. The van der Waals surface area contributed by atoms with Crippen molar-refractivity contribution in [2.24, 2.45) is 17.7 Å². The minimum atomic E-state index is -0.379. The van der Waals surface area contributed by atoms with E-state index >= 15 is 0 Å². The first kappa shape index (κ1) is 14.1. The molecule has 1 aliphatic heterocycles. The molecule has 0 bridgehead atoms. The molecule has 5 nitrogen and oxygen atoms in total. The Balaban J connectivity index is 2.00. The summed E-state index contributed by atoms with van der Waals surface area (Å²) in [6.07, 6.45) is 1.25. The summed E-state index contributed by atoms with van der Waals surface area (Å²) in [7, 11) is 0. The van der Waals surface area contributed by atoms with Gasteiger partial charge in [0, 0.05) is 18.7 Å². The normalized spacial score (nSPS) is 20.2. The Hall–Kier alpha value is -1.33. The lowest BCUT2D eigenvalue weighted by Gasteiger charge is -2.17. The minimum absolute atomic E-state index is 0.287. The van der Waals surface area contributed by atoms with Gasteiger partial charge in [0.05, 0.1) is 0 Å². The van der Waals surface area contributed by atoms with Gasteiger partial charge in [0.2, 0.25) is 0 Å². The van der Waals surface area contributed by atoms with Gasteiger partial charge in [0.1, 0.15) is 5.76 Å². The number of amides is 1. The molecule has 1 aromatic rings. The van der Waals surface area contributed by atoms with Crippen molar-refractivity contribution < 1.29 is 9.21 Å². The number of nitrogens with one attached hydrogen (secondary N) is 1. The fourth-order valence-electron chi connectivity index (χ4n) is 2.65. The summed E-state index contributed by atoms with van der Waals surface area (Å²) in [5, 5.41) is 0. The Morgan fingerprint density at radius 3 is 2.95 bits per heavy atom. The molecule has 106 valence electrons. The van der Waals surface area contributed by atoms with E-state index in [1.165, 1.54) is 6.42 Å². The number of aryl methyl sites for hydroxylation is 1. The summed E-state index contributed by atoms with van der Waals surface area (Å²) < 4.78 is 5.43. The summed E-state index contributed by atoms with van der Waals surface area (Å²) in [5.74, 6) is 7.32. The molecule has 0 radical (unpaired) electrons. The second-order valence-corrected chi connectivity index (χ2v) is 5.69. The van der Waals surface area contributed by atoms with Crippen LogP contribution in [0.3, 0.4) is 0 Å². The van der Waals surface area contributed by atoms with Gasteiger partial charge in [-0.3, -0.25) is 15.1 Å². The van der Waals surface area contributed by atoms with E-state index < -0.39 is 0 Å². The third kappa shape index (κ3) is 3.16. The van der Waals surface area contributed by atoms with Gasteiger partial charge in [-0.2, -0.15) is 0 Å². The van der Waals surface area contributed by atoms with Crippen LogP contribution in [-0.2, 0) is 6.54 Å². The van der Waals surface area contributed by atoms with Gasteiger partial charge in [-0.1, -0.05) is 13.8 Å². The minimum Gasteiger partial charge on any atom is -0.456 e. The van der Waals surface area contributed by atoms with Crippen LogP contribution in [0.2, 0.25) is 0 Å². The van der Waals surface area contributed by atoms with Crippen molar-refractivity contribution in [3.63, 3.8) is 0 Å². The van der Waals surface area contributed by atoms with Crippen molar-refractivity contribution >= 4 is 5.91 Å². The SMILES string of the molecule is Cc1oc(C(=O)NN)cc1CN1CCC(C(C)C)C1. The molecular formula is C14H23N3O2. The number of hydrogen-bond donors (Lipinski definition) is 2. The van der Waals surface area contributed by atoms with Crippen molar-refractivity contribution in [2.75, 3.05) is 13.1 Å². The standard InChI is InChI=1S/C14H23N3O2/c1-9(2)11-4-5-17(7-11)8-12-6-13(14(18)16-15)19-10(12)3/h6,9,11H,4-5,7-8,15H2,1-3H3,(H,16,18). The summed E-state index contributed by atoms with van der Waals surface area (Å²) in [4.78, 5) is 13.8. The highest BCUT2D eigenvalue weighted by Crippen LogP contribution is 2.26. The van der Waals surface area contributed by atoms with Crippen LogP contribution in [0, 0.1) is 18.8 Å². The first-order valence-electron chi connectivity index (χ1n) is 6.84. The Morgan fingerprint density at radius 2 is 2.37 bits per heavy atom. The maximum Gasteiger partial charge on any atom is 0.300 e. The molecule has 19 heavy (non-hydrogen) atoms. The monoisotopic (exact) mass is 265 g/mol. The predicted molar refractivity (Wildman–Crippen MR) is 73.3 cm³/mol. The van der Waals surface area contributed by atoms with Crippen LogP contribution in [0.1, 0.15) is 42.1 Å². The maximum absolute atomic E-state index is 11.4. The van der Waals surface area contributed by atoms with E-state index in [1.807, 2.05) is 6.92 Å². The lowest BCUT2D eigenvalue weighted by atomic mass is 9.95. The van der Waals surface area contributed by atoms with Crippen LogP contribution in [0.5, 0.6) is 0 Å². The fourth-order valence-corrected chi connectivity index (χ4v) is 2.65. The van der Waals surface area contributed by atoms with Crippen LogP contribution in [0.25, 0.3) is 0 Å². The fraction of sp³-hybridized carbons (Fsp3) is 0.643. The maximum atomic E-state index is 11.4. The number of nitrogens with two attached hydrogens (primary N) is 1. The van der Waals surface area contributed by atoms with Gasteiger partial charge in [-0.05, 0) is 37.8 Å². The summed E-state index contributed by atoms with van der Waals surface area (Å²) in [6.45, 7) is 9.53. The van der Waals surface area contributed by atoms with Gasteiger partial charge < -0.3 is 4.42 Å². The molecule has 1 amide bonds. The van der Waals surface area contributed by atoms with Crippen LogP contribution >= 0.6 is 0 Å². The highest BCUT2D eigenvalue weighted by Gasteiger charge is 2.26. The Labute approximate surface area is 114 Å². The molecular weight excluding hydrogens is 242 g/mol. The number of carbonyl (C=O) groups is 1. The zero-order valence-electron chi connectivity index (χ0n) is 11.9. The Morgan fingerprint density at radius 1 is 1.63 bits per heavy atom. The van der Waals surface area contributed by atoms with Gasteiger partial charge >= 0.3 is 5.91 Å². The Bertz CT molecular complexity index is 454. The third-order valence-electron chi connectivity index (χ3n) is 4.02. The molecule has 5 heteroatoms. The molecule has 2 heterocycles. The molecule has 1 saturated heterocycles. The zero-order chi connectivity index (χ0) is 14.0. The van der Waals surface area contributed by atoms with E-state index in [9.17, 15) is 4.79 Å². The number of furan rings is 1. The second kappa shape index (κ2) is 5.75. The van der Waals surface area contributed by atoms with E-state index in [4.69, 9.17) is 10.3 Å². The summed E-state index contributed by atoms with van der Waals surface area (Å²) in [5.41, 5.74) is 3.16. The number of hydrazine groups is 1. The van der Waals surface area contributed by atoms with Crippen molar-refractivity contribution in [2.45, 2.75) is 33.7 Å². The quantitative estimate of drug-likeness (QED) is 0.493. The molecule has 1 aliphatic rings. The Kier molecular flexibility index (Phi) is 4.27. The van der Waals surface area contributed by atoms with Gasteiger partial charge in [-0.25, -0.2) is 5.84 Å². The average molecular weight is 265 g/mol. The van der Waals surface area contributed by atoms with E-state index in [0.717, 1.165) is 42.8 Å². The predicted octanol–water partition coefficient (Wildman–Crippen LogP) is 1.67. The van der Waals surface area contributed by atoms with Gasteiger partial charge in [0.15, 0.2) is 5.76 Å². The number of nitrogens with zero attached hydrogens (tertiary/aromatic N) is 1. The first-order valence-corrected chi connectivity index (χ1v) is 6.84. The van der Waals surface area contributed by atoms with Crippen LogP contribution in [-0.4, -0.2) is 23.9 Å².